The van der Waals surface area contributed by atoms with Gasteiger partial charge < -0.3 is 24.5 Å². The maximum atomic E-state index is 12.4. The van der Waals surface area contributed by atoms with E-state index in [0.29, 0.717) is 37.5 Å². The lowest BCUT2D eigenvalue weighted by Gasteiger charge is -2.36. The molecule has 1 fully saturated rings. The standard InChI is InChI=1S/C36H40Cl2N4O6/c37-34-35(38)42(23-40-34)21-30-19-31(27-12-10-24(22-43)11-13-27)48-36(47-30)28-16-14-26(15-17-28)29-7-5-6-25(18-29)20-39-32(44)8-3-1-2-4-9-33(45)41-46/h5-7,10-18,23,30-31,36,43,46H,1-4,8-9,19-22H2,(H,39,44)(H,41,45)/t30-,31+,36+/m0/s1. The number of hydrogen-bond donors (Lipinski definition) is 4. The summed E-state index contributed by atoms with van der Waals surface area (Å²) < 4.78 is 14.7. The third-order valence-electron chi connectivity index (χ3n) is 8.36. The van der Waals surface area contributed by atoms with E-state index >= 15 is 0 Å². The summed E-state index contributed by atoms with van der Waals surface area (Å²) in [5, 5.41) is 21.6. The highest BCUT2D eigenvalue weighted by Crippen LogP contribution is 2.39. The van der Waals surface area contributed by atoms with Crippen LogP contribution < -0.4 is 10.8 Å². The molecule has 0 saturated carbocycles. The summed E-state index contributed by atoms with van der Waals surface area (Å²) in [5.41, 5.74) is 7.36. The third kappa shape index (κ3) is 9.88. The van der Waals surface area contributed by atoms with Crippen molar-refractivity contribution in [1.29, 1.82) is 0 Å². The van der Waals surface area contributed by atoms with E-state index in [1.807, 2.05) is 66.7 Å². The van der Waals surface area contributed by atoms with Crippen LogP contribution in [0, 0.1) is 0 Å². The van der Waals surface area contributed by atoms with Crippen molar-refractivity contribution in [2.45, 2.75) is 83.1 Å². The normalized spacial score (nSPS) is 17.6. The van der Waals surface area contributed by atoms with Gasteiger partial charge in [0.25, 0.3) is 0 Å². The van der Waals surface area contributed by atoms with Crippen molar-refractivity contribution >= 4 is 35.0 Å². The second-order valence-electron chi connectivity index (χ2n) is 11.9. The molecule has 0 aliphatic carbocycles. The van der Waals surface area contributed by atoms with Crippen LogP contribution in [0.25, 0.3) is 11.1 Å². The number of unbranched alkanes of at least 4 members (excludes halogenated alkanes) is 3. The molecule has 2 heterocycles. The molecule has 1 saturated heterocycles. The molecular weight excluding hydrogens is 655 g/mol. The van der Waals surface area contributed by atoms with Gasteiger partial charge in [0.05, 0.1) is 31.7 Å². The lowest BCUT2D eigenvalue weighted by molar-refractivity contribution is -0.252. The first-order valence-corrected chi connectivity index (χ1v) is 16.8. The Morgan fingerprint density at radius 1 is 0.854 bits per heavy atom. The number of ether oxygens (including phenoxy) is 2. The molecule has 0 spiro atoms. The Morgan fingerprint density at radius 2 is 1.56 bits per heavy atom. The Hall–Kier alpha value is -3.77. The molecule has 1 aliphatic rings. The molecule has 4 aromatic rings. The zero-order valence-electron chi connectivity index (χ0n) is 26.5. The van der Waals surface area contributed by atoms with Gasteiger partial charge in [0.15, 0.2) is 11.4 Å². The number of aliphatic hydroxyl groups is 1. The number of nitrogens with zero attached hydrogens (tertiary/aromatic N) is 2. The van der Waals surface area contributed by atoms with E-state index in [-0.39, 0.29) is 42.2 Å². The van der Waals surface area contributed by atoms with Gasteiger partial charge in [-0.15, -0.1) is 0 Å². The van der Waals surface area contributed by atoms with Crippen LogP contribution in [0.3, 0.4) is 0 Å². The number of carbonyl (C=O) groups is 2. The van der Waals surface area contributed by atoms with E-state index in [4.69, 9.17) is 37.9 Å². The van der Waals surface area contributed by atoms with E-state index in [2.05, 4.69) is 16.4 Å². The quantitative estimate of drug-likeness (QED) is 0.0595. The molecule has 1 aliphatic heterocycles. The van der Waals surface area contributed by atoms with E-state index in [1.54, 1.807) is 16.4 Å². The van der Waals surface area contributed by atoms with Crippen LogP contribution in [0.4, 0.5) is 0 Å². The zero-order valence-corrected chi connectivity index (χ0v) is 28.0. The predicted octanol–water partition coefficient (Wildman–Crippen LogP) is 7.06. The molecule has 1 aromatic heterocycles. The SMILES string of the molecule is O=C(CCCCCCC(=O)NCc1cccc(-c2ccc([C@@H]3O[C@H](Cn4cnc(Cl)c4Cl)C[C@H](c4ccc(CO)cc4)O3)cc2)c1)NO. The fourth-order valence-electron chi connectivity index (χ4n) is 5.69. The van der Waals surface area contributed by atoms with Gasteiger partial charge >= 0.3 is 0 Å². The lowest BCUT2D eigenvalue weighted by Crippen LogP contribution is -2.32. The van der Waals surface area contributed by atoms with Gasteiger partial charge in [0, 0.05) is 31.4 Å². The van der Waals surface area contributed by atoms with Crippen LogP contribution in [0.2, 0.25) is 10.3 Å². The van der Waals surface area contributed by atoms with Gasteiger partial charge in [-0.25, -0.2) is 10.5 Å². The minimum absolute atomic E-state index is 0.00954. The predicted molar refractivity (Wildman–Crippen MR) is 182 cm³/mol. The van der Waals surface area contributed by atoms with E-state index < -0.39 is 6.29 Å². The van der Waals surface area contributed by atoms with E-state index in [0.717, 1.165) is 52.6 Å². The lowest BCUT2D eigenvalue weighted by atomic mass is 9.99. The second-order valence-corrected chi connectivity index (χ2v) is 12.6. The molecule has 12 heteroatoms. The first-order chi connectivity index (χ1) is 23.3. The summed E-state index contributed by atoms with van der Waals surface area (Å²) in [4.78, 5) is 27.5. The third-order valence-corrected chi connectivity index (χ3v) is 9.13. The summed E-state index contributed by atoms with van der Waals surface area (Å²) in [6.07, 6.45) is 4.91. The largest absolute Gasteiger partial charge is 0.392 e. The summed E-state index contributed by atoms with van der Waals surface area (Å²) in [6, 6.07) is 23.9. The van der Waals surface area contributed by atoms with Gasteiger partial charge in [-0.1, -0.05) is 103 Å². The zero-order chi connectivity index (χ0) is 33.9. The second kappa shape index (κ2) is 17.6. The van der Waals surface area contributed by atoms with Crippen molar-refractivity contribution in [2.24, 2.45) is 0 Å². The van der Waals surface area contributed by atoms with Crippen LogP contribution in [-0.2, 0) is 38.8 Å². The average molecular weight is 696 g/mol. The first-order valence-electron chi connectivity index (χ1n) is 16.1. The summed E-state index contributed by atoms with van der Waals surface area (Å²) in [6.45, 7) is 0.859. The van der Waals surface area contributed by atoms with Crippen LogP contribution in [0.1, 0.15) is 79.6 Å². The van der Waals surface area contributed by atoms with E-state index in [1.165, 1.54) is 0 Å². The molecule has 5 rings (SSSR count). The number of benzene rings is 3. The number of hydroxylamine groups is 1. The Bertz CT molecular complexity index is 1650. The van der Waals surface area contributed by atoms with Crippen molar-refractivity contribution in [1.82, 2.24) is 20.3 Å². The molecule has 0 bridgehead atoms. The van der Waals surface area contributed by atoms with Crippen molar-refractivity contribution < 1.29 is 29.4 Å². The molecule has 10 nitrogen and oxygen atoms in total. The highest BCUT2D eigenvalue weighted by molar-refractivity contribution is 6.40. The summed E-state index contributed by atoms with van der Waals surface area (Å²) in [5.74, 6) is -0.396. The van der Waals surface area contributed by atoms with Crippen LogP contribution in [0.5, 0.6) is 0 Å². The molecule has 48 heavy (non-hydrogen) atoms. The monoisotopic (exact) mass is 694 g/mol. The molecule has 0 unspecified atom stereocenters. The number of aliphatic hydroxyl groups excluding tert-OH is 1. The highest BCUT2D eigenvalue weighted by atomic mass is 35.5. The first kappa shape index (κ1) is 35.5. The number of imidazole rings is 1. The smallest absolute Gasteiger partial charge is 0.243 e. The highest BCUT2D eigenvalue weighted by Gasteiger charge is 2.33. The van der Waals surface area contributed by atoms with Gasteiger partial charge in [0.2, 0.25) is 11.8 Å². The van der Waals surface area contributed by atoms with Crippen molar-refractivity contribution in [3.8, 4) is 11.1 Å². The maximum Gasteiger partial charge on any atom is 0.243 e. The number of carbonyl (C=O) groups excluding carboxylic acids is 2. The number of aromatic nitrogens is 2. The van der Waals surface area contributed by atoms with Crippen LogP contribution >= 0.6 is 23.2 Å². The summed E-state index contributed by atoms with van der Waals surface area (Å²) >= 11 is 12.4. The molecule has 2 amide bonds. The Morgan fingerprint density at radius 3 is 2.23 bits per heavy atom. The number of amides is 2. The number of hydrogen-bond acceptors (Lipinski definition) is 7. The minimum Gasteiger partial charge on any atom is -0.392 e. The molecule has 3 atom stereocenters. The topological polar surface area (TPSA) is 135 Å². The van der Waals surface area contributed by atoms with Gasteiger partial charge in [-0.2, -0.15) is 0 Å². The maximum absolute atomic E-state index is 12.4. The van der Waals surface area contributed by atoms with E-state index in [9.17, 15) is 14.7 Å². The Balaban J connectivity index is 1.20. The van der Waals surface area contributed by atoms with Crippen LogP contribution in [0.15, 0.2) is 79.1 Å². The number of rotatable bonds is 15. The van der Waals surface area contributed by atoms with Gasteiger partial charge in [0.1, 0.15) is 5.15 Å². The molecule has 254 valence electrons. The molecule has 0 radical (unpaired) electrons. The molecule has 3 aromatic carbocycles. The number of nitrogens with one attached hydrogen (secondary N) is 2. The van der Waals surface area contributed by atoms with Gasteiger partial charge in [-0.3, -0.25) is 14.8 Å². The fraction of sp³-hybridized carbons (Fsp3) is 0.361. The molecular formula is C36H40Cl2N4O6. The van der Waals surface area contributed by atoms with Gasteiger partial charge in [-0.05, 0) is 46.7 Å². The average Bonchev–Trinajstić information content (AvgIpc) is 3.44. The fourth-order valence-corrected chi connectivity index (χ4v) is 6.00. The van der Waals surface area contributed by atoms with Crippen molar-refractivity contribution in [2.75, 3.05) is 0 Å². The number of halogens is 2. The van der Waals surface area contributed by atoms with Crippen LogP contribution in [-0.4, -0.2) is 37.8 Å². The van der Waals surface area contributed by atoms with Crippen molar-refractivity contribution in [3.05, 3.63) is 112 Å². The summed E-state index contributed by atoms with van der Waals surface area (Å²) in [7, 11) is 0. The van der Waals surface area contributed by atoms with Crippen molar-refractivity contribution in [3.63, 3.8) is 0 Å². The Kier molecular flexibility index (Phi) is 13.0. The Labute approximate surface area is 290 Å². The minimum atomic E-state index is -0.625. The molecule has 4 N–H and O–H groups in total.